The molecule has 2 saturated heterocycles. The molecule has 4 atom stereocenters. The first-order valence-electron chi connectivity index (χ1n) is 8.97. The van der Waals surface area contributed by atoms with Gasteiger partial charge in [-0.15, -0.1) is 0 Å². The summed E-state index contributed by atoms with van der Waals surface area (Å²) in [5.74, 6) is 0.895. The molecule has 5 heteroatoms. The Hall–Kier alpha value is -1.43. The molecule has 24 heavy (non-hydrogen) atoms. The molecule has 3 aliphatic rings. The normalized spacial score (nSPS) is 34.5. The fraction of sp³-hybridized carbons (Fsp3) is 0.632. The van der Waals surface area contributed by atoms with E-state index in [4.69, 9.17) is 0 Å². The molecule has 1 saturated carbocycles. The molecule has 5 nitrogen and oxygen atoms in total. The lowest BCUT2D eigenvalue weighted by Gasteiger charge is -2.43. The smallest absolute Gasteiger partial charge is 0.231 e. The van der Waals surface area contributed by atoms with Crippen LogP contribution in [0.4, 0.5) is 0 Å². The van der Waals surface area contributed by atoms with E-state index in [0.717, 1.165) is 32.6 Å². The maximum absolute atomic E-state index is 13.2. The Balaban J connectivity index is 1.47. The van der Waals surface area contributed by atoms with Gasteiger partial charge in [-0.2, -0.15) is 0 Å². The van der Waals surface area contributed by atoms with Gasteiger partial charge in [-0.3, -0.25) is 4.79 Å². The van der Waals surface area contributed by atoms with Crippen LogP contribution in [0.25, 0.3) is 0 Å². The quantitative estimate of drug-likeness (QED) is 0.751. The lowest BCUT2D eigenvalue weighted by Crippen LogP contribution is -2.63. The third-order valence-corrected chi connectivity index (χ3v) is 6.16. The minimum atomic E-state index is -0.634. The van der Waals surface area contributed by atoms with Crippen LogP contribution >= 0.6 is 0 Å². The number of amides is 1. The molecule has 0 unspecified atom stereocenters. The van der Waals surface area contributed by atoms with Gasteiger partial charge in [0.15, 0.2) is 0 Å². The molecule has 4 rings (SSSR count). The highest BCUT2D eigenvalue weighted by molar-refractivity contribution is 5.85. The number of aliphatic hydroxyl groups is 2. The second kappa shape index (κ2) is 6.14. The summed E-state index contributed by atoms with van der Waals surface area (Å²) in [7, 11) is 0. The highest BCUT2D eigenvalue weighted by Gasteiger charge is 2.50. The van der Waals surface area contributed by atoms with Crippen LogP contribution in [0.5, 0.6) is 0 Å². The molecule has 1 aromatic rings. The summed E-state index contributed by atoms with van der Waals surface area (Å²) in [5.41, 5.74) is 0.876. The molecule has 3 N–H and O–H groups in total. The van der Waals surface area contributed by atoms with Crippen molar-refractivity contribution >= 4 is 5.91 Å². The van der Waals surface area contributed by atoms with E-state index in [1.807, 2.05) is 23.1 Å². The van der Waals surface area contributed by atoms with Crippen LogP contribution < -0.4 is 5.32 Å². The largest absolute Gasteiger partial charge is 0.390 e. The monoisotopic (exact) mass is 330 g/mol. The number of rotatable bonds is 3. The van der Waals surface area contributed by atoms with Crippen LogP contribution in [0.15, 0.2) is 30.3 Å². The summed E-state index contributed by atoms with van der Waals surface area (Å²) in [6, 6.07) is 10.2. The van der Waals surface area contributed by atoms with E-state index >= 15 is 0 Å². The number of nitrogens with one attached hydrogen (secondary N) is 1. The van der Waals surface area contributed by atoms with E-state index in [1.165, 1.54) is 5.56 Å². The fourth-order valence-electron chi connectivity index (χ4n) is 4.67. The zero-order valence-electron chi connectivity index (χ0n) is 13.9. The van der Waals surface area contributed by atoms with E-state index in [-0.39, 0.29) is 11.3 Å². The predicted octanol–water partition coefficient (Wildman–Crippen LogP) is 0.409. The molecule has 2 heterocycles. The minimum Gasteiger partial charge on any atom is -0.390 e. The molecule has 0 spiro atoms. The maximum atomic E-state index is 13.2. The van der Waals surface area contributed by atoms with E-state index in [9.17, 15) is 15.0 Å². The van der Waals surface area contributed by atoms with Gasteiger partial charge >= 0.3 is 0 Å². The van der Waals surface area contributed by atoms with Gasteiger partial charge in [0.25, 0.3) is 0 Å². The first-order valence-corrected chi connectivity index (χ1v) is 8.97. The van der Waals surface area contributed by atoms with Gasteiger partial charge in [0.1, 0.15) is 0 Å². The molecular formula is C19H26N2O3. The van der Waals surface area contributed by atoms with Crippen LogP contribution in [0, 0.1) is 17.3 Å². The van der Waals surface area contributed by atoms with E-state index in [1.54, 1.807) is 0 Å². The predicted molar refractivity (Wildman–Crippen MR) is 90.3 cm³/mol. The highest BCUT2D eigenvalue weighted by Crippen LogP contribution is 2.39. The zero-order chi connectivity index (χ0) is 16.7. The SMILES string of the molecule is O=C(N1C[C@H]2C[C@H](O)[C@@H](O)C[C@H]2C1)C1(Cc2ccccc2)CNC1. The van der Waals surface area contributed by atoms with Gasteiger partial charge in [0.2, 0.25) is 5.91 Å². The second-order valence-corrected chi connectivity index (χ2v) is 7.88. The van der Waals surface area contributed by atoms with Crippen molar-refractivity contribution in [3.63, 3.8) is 0 Å². The Kier molecular flexibility index (Phi) is 4.11. The van der Waals surface area contributed by atoms with Crippen molar-refractivity contribution in [2.24, 2.45) is 17.3 Å². The van der Waals surface area contributed by atoms with Crippen molar-refractivity contribution in [3.8, 4) is 0 Å². The minimum absolute atomic E-state index is 0.239. The van der Waals surface area contributed by atoms with Crippen LogP contribution in [-0.4, -0.2) is 59.4 Å². The number of carbonyl (C=O) groups is 1. The molecule has 0 radical (unpaired) electrons. The van der Waals surface area contributed by atoms with Crippen LogP contribution in [-0.2, 0) is 11.2 Å². The molecule has 3 fully saturated rings. The number of nitrogens with zero attached hydrogens (tertiary/aromatic N) is 1. The Morgan fingerprint density at radius 2 is 1.67 bits per heavy atom. The standard InChI is InChI=1S/C19H26N2O3/c22-16-6-14-9-21(10-15(14)7-17(16)23)18(24)19(11-20-12-19)8-13-4-2-1-3-5-13/h1-5,14-17,20,22-23H,6-12H2/t14-,15+,16-,17-/m0/s1. The van der Waals surface area contributed by atoms with Gasteiger partial charge in [0.05, 0.1) is 17.6 Å². The number of fused-ring (bicyclic) bond motifs is 1. The molecule has 1 aromatic carbocycles. The van der Waals surface area contributed by atoms with E-state index in [2.05, 4.69) is 17.4 Å². The van der Waals surface area contributed by atoms with Crippen molar-refractivity contribution in [3.05, 3.63) is 35.9 Å². The van der Waals surface area contributed by atoms with Crippen LogP contribution in [0.2, 0.25) is 0 Å². The summed E-state index contributed by atoms with van der Waals surface area (Å²) in [5, 5.41) is 23.1. The summed E-state index contributed by atoms with van der Waals surface area (Å²) in [4.78, 5) is 15.2. The fourth-order valence-corrected chi connectivity index (χ4v) is 4.67. The first-order chi connectivity index (χ1) is 11.6. The average Bonchev–Trinajstić information content (AvgIpc) is 2.94. The number of benzene rings is 1. The number of aliphatic hydroxyl groups excluding tert-OH is 2. The van der Waals surface area contributed by atoms with Gasteiger partial charge < -0.3 is 20.4 Å². The first kappa shape index (κ1) is 16.1. The molecule has 0 aromatic heterocycles. The van der Waals surface area contributed by atoms with Crippen molar-refractivity contribution in [1.29, 1.82) is 0 Å². The average molecular weight is 330 g/mol. The van der Waals surface area contributed by atoms with Crippen molar-refractivity contribution in [1.82, 2.24) is 10.2 Å². The molecular weight excluding hydrogens is 304 g/mol. The maximum Gasteiger partial charge on any atom is 0.231 e. The molecule has 2 aliphatic heterocycles. The third kappa shape index (κ3) is 2.75. The van der Waals surface area contributed by atoms with Gasteiger partial charge in [-0.1, -0.05) is 30.3 Å². The van der Waals surface area contributed by atoms with E-state index in [0.29, 0.717) is 24.7 Å². The number of hydrogen-bond acceptors (Lipinski definition) is 4. The number of hydrogen-bond donors (Lipinski definition) is 3. The lowest BCUT2D eigenvalue weighted by atomic mass is 9.75. The molecule has 1 aliphatic carbocycles. The topological polar surface area (TPSA) is 72.8 Å². The zero-order valence-corrected chi connectivity index (χ0v) is 13.9. The Labute approximate surface area is 142 Å². The molecule has 130 valence electrons. The molecule has 1 amide bonds. The van der Waals surface area contributed by atoms with Crippen LogP contribution in [0.3, 0.4) is 0 Å². The van der Waals surface area contributed by atoms with Crippen molar-refractivity contribution < 1.29 is 15.0 Å². The Morgan fingerprint density at radius 1 is 1.08 bits per heavy atom. The Bertz CT molecular complexity index is 584. The highest BCUT2D eigenvalue weighted by atomic mass is 16.3. The lowest BCUT2D eigenvalue weighted by molar-refractivity contribution is -0.144. The van der Waals surface area contributed by atoms with Crippen molar-refractivity contribution in [2.75, 3.05) is 26.2 Å². The summed E-state index contributed by atoms with van der Waals surface area (Å²) in [6.45, 7) is 2.92. The van der Waals surface area contributed by atoms with Gasteiger partial charge in [-0.25, -0.2) is 0 Å². The van der Waals surface area contributed by atoms with Crippen LogP contribution in [0.1, 0.15) is 18.4 Å². The number of likely N-dealkylation sites (tertiary alicyclic amines) is 1. The van der Waals surface area contributed by atoms with Crippen molar-refractivity contribution in [2.45, 2.75) is 31.5 Å². The second-order valence-electron chi connectivity index (χ2n) is 7.88. The third-order valence-electron chi connectivity index (χ3n) is 6.16. The van der Waals surface area contributed by atoms with E-state index < -0.39 is 12.2 Å². The summed E-state index contributed by atoms with van der Waals surface area (Å²) < 4.78 is 0. The Morgan fingerprint density at radius 3 is 2.17 bits per heavy atom. The summed E-state index contributed by atoms with van der Waals surface area (Å²) >= 11 is 0. The number of carbonyl (C=O) groups excluding carboxylic acids is 1. The summed E-state index contributed by atoms with van der Waals surface area (Å²) in [6.07, 6.45) is 0.727. The van der Waals surface area contributed by atoms with Gasteiger partial charge in [-0.05, 0) is 36.7 Å². The molecule has 0 bridgehead atoms. The van der Waals surface area contributed by atoms with Gasteiger partial charge in [0, 0.05) is 26.2 Å².